The Hall–Kier alpha value is -0.570. The zero-order valence-corrected chi connectivity index (χ0v) is 4.53. The summed E-state index contributed by atoms with van der Waals surface area (Å²) in [5, 5.41) is 2.46. The Morgan fingerprint density at radius 3 is 2.29 bits per heavy atom. The molecule has 7 heavy (non-hydrogen) atoms. The second kappa shape index (κ2) is 5.43. The maximum Gasteiger partial charge on any atom is 0.220 e. The minimum absolute atomic E-state index is 0. The van der Waals surface area contributed by atoms with Crippen molar-refractivity contribution in [3.05, 3.63) is 6.92 Å². The van der Waals surface area contributed by atoms with Crippen LogP contribution < -0.4 is 11.5 Å². The molecule has 0 fully saturated rings. The highest BCUT2D eigenvalue weighted by molar-refractivity contribution is 5.79. The Bertz CT molecular complexity index is 53.7. The summed E-state index contributed by atoms with van der Waals surface area (Å²) >= 11 is 0. The van der Waals surface area contributed by atoms with E-state index in [1.165, 1.54) is 0 Å². The average molecular weight is 103 g/mol. The first kappa shape index (κ1) is 9.66. The molecule has 4 N–H and O–H groups in total. The van der Waals surface area contributed by atoms with Crippen molar-refractivity contribution in [2.75, 3.05) is 6.54 Å². The minimum Gasteiger partial charge on any atom is -0.356 e. The summed E-state index contributed by atoms with van der Waals surface area (Å²) in [6, 6.07) is 0. The number of carbonyl (C=O) groups excluding carboxylic acids is 1. The molecule has 3 nitrogen and oxygen atoms in total. The molecular formula is C4H11N2O. The lowest BCUT2D eigenvalue weighted by Gasteiger charge is -1.88. The molecule has 0 bridgehead atoms. The van der Waals surface area contributed by atoms with Gasteiger partial charge in [0.25, 0.3) is 0 Å². The van der Waals surface area contributed by atoms with Crippen LogP contribution in [0.2, 0.25) is 0 Å². The van der Waals surface area contributed by atoms with Gasteiger partial charge < -0.3 is 11.5 Å². The molecule has 0 aliphatic heterocycles. The van der Waals surface area contributed by atoms with E-state index in [2.05, 4.69) is 12.2 Å². The first-order valence-electron chi connectivity index (χ1n) is 1.87. The Morgan fingerprint density at radius 1 is 1.86 bits per heavy atom. The van der Waals surface area contributed by atoms with Crippen LogP contribution in [0.5, 0.6) is 0 Å². The summed E-state index contributed by atoms with van der Waals surface area (Å²) < 4.78 is 0. The summed E-state index contributed by atoms with van der Waals surface area (Å²) in [6.45, 7) is 5.60. The van der Waals surface area contributed by atoms with Crippen molar-refractivity contribution in [1.29, 1.82) is 0 Å². The Kier molecular flexibility index (Phi) is 7.49. The quantitative estimate of drug-likeness (QED) is 0.495. The van der Waals surface area contributed by atoms with Gasteiger partial charge in [-0.05, 0) is 6.92 Å². The third-order valence-corrected chi connectivity index (χ3v) is 0.374. The maximum atomic E-state index is 9.82. The number of amides is 1. The lowest BCUT2D eigenvalue weighted by Crippen LogP contribution is -2.18. The number of hydrogen-bond acceptors (Lipinski definition) is 2. The third kappa shape index (κ3) is 10.8. The van der Waals surface area contributed by atoms with Crippen LogP contribution in [0.25, 0.3) is 0 Å². The van der Waals surface area contributed by atoms with Crippen molar-refractivity contribution >= 4 is 5.91 Å². The Morgan fingerprint density at radius 2 is 2.29 bits per heavy atom. The van der Waals surface area contributed by atoms with Gasteiger partial charge in [0.05, 0.1) is 0 Å². The SMILES string of the molecule is N.[CH2]C(=O)NCC. The Balaban J connectivity index is 0. The van der Waals surface area contributed by atoms with Crippen molar-refractivity contribution in [3.63, 3.8) is 0 Å². The highest BCUT2D eigenvalue weighted by atomic mass is 16.1. The van der Waals surface area contributed by atoms with Crippen molar-refractivity contribution in [3.8, 4) is 0 Å². The highest BCUT2D eigenvalue weighted by Crippen LogP contribution is 1.53. The first-order chi connectivity index (χ1) is 2.77. The minimum atomic E-state index is -0.211. The van der Waals surface area contributed by atoms with Crippen LogP contribution in [0, 0.1) is 6.92 Å². The standard InChI is InChI=1S/C4H8NO.H3N/c1-3-5-4(2)6;/h2-3H2,1H3,(H,5,6);1H3. The van der Waals surface area contributed by atoms with Gasteiger partial charge >= 0.3 is 0 Å². The molecule has 0 saturated carbocycles. The first-order valence-corrected chi connectivity index (χ1v) is 1.87. The second-order valence-electron chi connectivity index (χ2n) is 0.954. The van der Waals surface area contributed by atoms with Crippen molar-refractivity contribution in [2.45, 2.75) is 6.92 Å². The van der Waals surface area contributed by atoms with Gasteiger partial charge in [-0.15, -0.1) is 0 Å². The third-order valence-electron chi connectivity index (χ3n) is 0.374. The van der Waals surface area contributed by atoms with E-state index in [0.29, 0.717) is 6.54 Å². The molecule has 43 valence electrons. The van der Waals surface area contributed by atoms with Crippen LogP contribution in [0.15, 0.2) is 0 Å². The number of rotatable bonds is 1. The van der Waals surface area contributed by atoms with E-state index in [9.17, 15) is 4.79 Å². The summed E-state index contributed by atoms with van der Waals surface area (Å²) in [4.78, 5) is 9.82. The summed E-state index contributed by atoms with van der Waals surface area (Å²) in [5.41, 5.74) is 0. The van der Waals surface area contributed by atoms with Crippen molar-refractivity contribution < 1.29 is 4.79 Å². The van der Waals surface area contributed by atoms with E-state index in [-0.39, 0.29) is 12.1 Å². The molecule has 0 saturated heterocycles. The number of nitrogens with one attached hydrogen (secondary N) is 1. The molecule has 1 radical (unpaired) electrons. The predicted octanol–water partition coefficient (Wildman–Crippen LogP) is 0.119. The van der Waals surface area contributed by atoms with Crippen LogP contribution in [-0.2, 0) is 4.79 Å². The van der Waals surface area contributed by atoms with Crippen LogP contribution in [-0.4, -0.2) is 12.5 Å². The smallest absolute Gasteiger partial charge is 0.220 e. The second-order valence-corrected chi connectivity index (χ2v) is 0.954. The fourth-order valence-corrected chi connectivity index (χ4v) is 0.197. The van der Waals surface area contributed by atoms with Gasteiger partial charge in [-0.3, -0.25) is 4.79 Å². The van der Waals surface area contributed by atoms with Crippen LogP contribution in [0.1, 0.15) is 6.92 Å². The topological polar surface area (TPSA) is 64.1 Å². The molecule has 3 heteroatoms. The van der Waals surface area contributed by atoms with Gasteiger partial charge in [0.15, 0.2) is 0 Å². The summed E-state index contributed by atoms with van der Waals surface area (Å²) in [5.74, 6) is -0.211. The average Bonchev–Trinajstić information content (AvgIpc) is 1.35. The van der Waals surface area contributed by atoms with E-state index in [0.717, 1.165) is 0 Å². The molecule has 0 aliphatic rings. The summed E-state index contributed by atoms with van der Waals surface area (Å²) in [7, 11) is 0. The van der Waals surface area contributed by atoms with Gasteiger partial charge in [-0.25, -0.2) is 0 Å². The normalized spacial score (nSPS) is 6.57. The van der Waals surface area contributed by atoms with Crippen molar-refractivity contribution in [1.82, 2.24) is 11.5 Å². The van der Waals surface area contributed by atoms with Gasteiger partial charge in [0.2, 0.25) is 5.91 Å². The van der Waals surface area contributed by atoms with E-state index < -0.39 is 0 Å². The maximum absolute atomic E-state index is 9.82. The van der Waals surface area contributed by atoms with E-state index >= 15 is 0 Å². The number of carbonyl (C=O) groups is 1. The van der Waals surface area contributed by atoms with E-state index in [1.807, 2.05) is 6.92 Å². The van der Waals surface area contributed by atoms with Gasteiger partial charge in [0.1, 0.15) is 0 Å². The molecule has 0 aromatic carbocycles. The fourth-order valence-electron chi connectivity index (χ4n) is 0.197. The van der Waals surface area contributed by atoms with Gasteiger partial charge in [-0.2, -0.15) is 0 Å². The van der Waals surface area contributed by atoms with E-state index in [4.69, 9.17) is 0 Å². The molecule has 0 aliphatic carbocycles. The van der Waals surface area contributed by atoms with Crippen LogP contribution in [0.3, 0.4) is 0 Å². The zero-order chi connectivity index (χ0) is 4.99. The highest BCUT2D eigenvalue weighted by Gasteiger charge is 1.79. The van der Waals surface area contributed by atoms with Gasteiger partial charge in [0, 0.05) is 13.5 Å². The lowest BCUT2D eigenvalue weighted by atomic mass is 10.6. The monoisotopic (exact) mass is 103 g/mol. The molecule has 0 aromatic rings. The zero-order valence-electron chi connectivity index (χ0n) is 4.53. The van der Waals surface area contributed by atoms with Crippen LogP contribution in [0.4, 0.5) is 0 Å². The number of hydrogen-bond donors (Lipinski definition) is 2. The van der Waals surface area contributed by atoms with Crippen LogP contribution >= 0.6 is 0 Å². The van der Waals surface area contributed by atoms with Gasteiger partial charge in [-0.1, -0.05) is 0 Å². The van der Waals surface area contributed by atoms with Crippen molar-refractivity contribution in [2.24, 2.45) is 0 Å². The molecule has 1 amide bonds. The molecule has 0 atom stereocenters. The molecule has 0 spiro atoms. The summed E-state index contributed by atoms with van der Waals surface area (Å²) in [6.07, 6.45) is 0. The largest absolute Gasteiger partial charge is 0.356 e. The molecule has 0 heterocycles. The molecule has 0 rings (SSSR count). The molecular weight excluding hydrogens is 92.1 g/mol. The Labute approximate surface area is 43.7 Å². The molecule has 0 aromatic heterocycles. The predicted molar refractivity (Wildman–Crippen MR) is 29.1 cm³/mol. The fraction of sp³-hybridized carbons (Fsp3) is 0.500. The van der Waals surface area contributed by atoms with E-state index in [1.54, 1.807) is 0 Å². The molecule has 0 unspecified atom stereocenters. The lowest BCUT2D eigenvalue weighted by molar-refractivity contribution is -0.116.